The van der Waals surface area contributed by atoms with Crippen molar-refractivity contribution in [3.63, 3.8) is 0 Å². The van der Waals surface area contributed by atoms with Crippen LogP contribution >= 0.6 is 15.9 Å². The highest BCUT2D eigenvalue weighted by molar-refractivity contribution is 9.10. The molecule has 0 atom stereocenters. The Hall–Kier alpha value is -2.72. The summed E-state index contributed by atoms with van der Waals surface area (Å²) in [7, 11) is 0. The van der Waals surface area contributed by atoms with Crippen molar-refractivity contribution in [2.45, 2.75) is 0 Å². The molecular weight excluding hydrogens is 364 g/mol. The van der Waals surface area contributed by atoms with Crippen molar-refractivity contribution in [3.8, 4) is 11.1 Å². The molecule has 1 aliphatic rings. The summed E-state index contributed by atoms with van der Waals surface area (Å²) in [5.74, 6) is -0.225. The molecule has 0 saturated heterocycles. The quantitative estimate of drug-likeness (QED) is 0.509. The molecule has 0 aliphatic heterocycles. The second-order valence-corrected chi connectivity index (χ2v) is 6.42. The Kier molecular flexibility index (Phi) is 3.75. The molecule has 0 bridgehead atoms. The van der Waals surface area contributed by atoms with Crippen molar-refractivity contribution in [1.29, 1.82) is 0 Å². The minimum absolute atomic E-state index is 0.225. The molecule has 0 radical (unpaired) electrons. The summed E-state index contributed by atoms with van der Waals surface area (Å²) in [4.78, 5) is 12.3. The third-order valence-corrected chi connectivity index (χ3v) is 4.56. The number of carbonyl (C=O) groups is 1. The molecule has 4 heteroatoms. The van der Waals surface area contributed by atoms with Crippen LogP contribution in [0.3, 0.4) is 0 Å². The van der Waals surface area contributed by atoms with Gasteiger partial charge in [-0.1, -0.05) is 64.5 Å². The Balaban J connectivity index is 1.70. The maximum Gasteiger partial charge on any atom is 0.271 e. The van der Waals surface area contributed by atoms with Gasteiger partial charge in [-0.15, -0.1) is 0 Å². The molecule has 0 unspecified atom stereocenters. The smallest absolute Gasteiger partial charge is 0.267 e. The molecular formula is C20H13BrN2O. The lowest BCUT2D eigenvalue weighted by molar-refractivity contribution is 0.0955. The van der Waals surface area contributed by atoms with Gasteiger partial charge in [0.1, 0.15) is 0 Å². The van der Waals surface area contributed by atoms with Crippen molar-refractivity contribution in [2.75, 3.05) is 0 Å². The number of benzene rings is 3. The molecule has 4 rings (SSSR count). The number of fused-ring (bicyclic) bond motifs is 3. The fraction of sp³-hybridized carbons (Fsp3) is 0. The Morgan fingerprint density at radius 2 is 1.25 bits per heavy atom. The van der Waals surface area contributed by atoms with E-state index in [-0.39, 0.29) is 5.91 Å². The molecule has 0 aromatic heterocycles. The zero-order valence-electron chi connectivity index (χ0n) is 12.7. The lowest BCUT2D eigenvalue weighted by atomic mass is 10.1. The van der Waals surface area contributed by atoms with Crippen LogP contribution in [-0.2, 0) is 0 Å². The maximum atomic E-state index is 12.3. The van der Waals surface area contributed by atoms with Gasteiger partial charge in [-0.3, -0.25) is 4.79 Å². The van der Waals surface area contributed by atoms with Crippen molar-refractivity contribution in [3.05, 3.63) is 94.0 Å². The highest BCUT2D eigenvalue weighted by Gasteiger charge is 2.24. The number of hydrazone groups is 1. The van der Waals surface area contributed by atoms with E-state index in [4.69, 9.17) is 0 Å². The number of hydrogen-bond donors (Lipinski definition) is 1. The van der Waals surface area contributed by atoms with Crippen molar-refractivity contribution in [1.82, 2.24) is 5.43 Å². The van der Waals surface area contributed by atoms with Gasteiger partial charge in [0.05, 0.1) is 5.71 Å². The van der Waals surface area contributed by atoms with Crippen LogP contribution in [0.15, 0.2) is 82.4 Å². The molecule has 1 N–H and O–H groups in total. The maximum absolute atomic E-state index is 12.3. The van der Waals surface area contributed by atoms with Gasteiger partial charge >= 0.3 is 0 Å². The summed E-state index contributed by atoms with van der Waals surface area (Å²) < 4.78 is 0.934. The fourth-order valence-electron chi connectivity index (χ4n) is 2.89. The predicted molar refractivity (Wildman–Crippen MR) is 99.1 cm³/mol. The highest BCUT2D eigenvalue weighted by atomic mass is 79.9. The Bertz CT molecular complexity index is 914. The number of nitrogens with one attached hydrogen (secondary N) is 1. The zero-order chi connectivity index (χ0) is 16.5. The van der Waals surface area contributed by atoms with E-state index in [1.54, 1.807) is 12.1 Å². The molecule has 0 saturated carbocycles. The van der Waals surface area contributed by atoms with Crippen molar-refractivity contribution in [2.24, 2.45) is 5.10 Å². The van der Waals surface area contributed by atoms with Crippen molar-refractivity contribution >= 4 is 27.5 Å². The van der Waals surface area contributed by atoms with E-state index in [0.29, 0.717) is 5.56 Å². The van der Waals surface area contributed by atoms with Gasteiger partial charge in [-0.2, -0.15) is 5.10 Å². The van der Waals surface area contributed by atoms with E-state index in [9.17, 15) is 4.79 Å². The van der Waals surface area contributed by atoms with E-state index in [0.717, 1.165) is 32.4 Å². The number of hydrogen-bond acceptors (Lipinski definition) is 2. The zero-order valence-corrected chi connectivity index (χ0v) is 14.2. The number of amides is 1. The standard InChI is InChI=1S/C20H13BrN2O/c21-14-11-9-13(10-12-14)20(24)23-22-19-17-7-3-1-5-15(17)16-6-2-4-8-18(16)19/h1-12H,(H,23,24). The first-order valence-corrected chi connectivity index (χ1v) is 8.36. The van der Waals surface area contributed by atoms with Gasteiger partial charge in [-0.05, 0) is 35.4 Å². The molecule has 3 nitrogen and oxygen atoms in total. The normalized spacial score (nSPS) is 11.6. The van der Waals surface area contributed by atoms with E-state index in [1.807, 2.05) is 48.5 Å². The molecule has 0 spiro atoms. The summed E-state index contributed by atoms with van der Waals surface area (Å²) in [5, 5.41) is 4.41. The van der Waals surface area contributed by atoms with Gasteiger partial charge in [-0.25, -0.2) is 5.43 Å². The monoisotopic (exact) mass is 376 g/mol. The highest BCUT2D eigenvalue weighted by Crippen LogP contribution is 2.36. The van der Waals surface area contributed by atoms with E-state index in [1.165, 1.54) is 0 Å². The lowest BCUT2D eigenvalue weighted by Crippen LogP contribution is -2.19. The topological polar surface area (TPSA) is 41.5 Å². The summed E-state index contributed by atoms with van der Waals surface area (Å²) >= 11 is 3.36. The Morgan fingerprint density at radius 3 is 1.79 bits per heavy atom. The third-order valence-electron chi connectivity index (χ3n) is 4.03. The average Bonchev–Trinajstić information content (AvgIpc) is 2.94. The molecule has 3 aromatic rings. The van der Waals surface area contributed by atoms with E-state index >= 15 is 0 Å². The summed E-state index contributed by atoms with van der Waals surface area (Å²) in [6.45, 7) is 0. The van der Waals surface area contributed by atoms with Crippen LogP contribution in [0.5, 0.6) is 0 Å². The first-order valence-electron chi connectivity index (χ1n) is 7.57. The van der Waals surface area contributed by atoms with Crippen molar-refractivity contribution < 1.29 is 4.79 Å². The number of nitrogens with zero attached hydrogens (tertiary/aromatic N) is 1. The van der Waals surface area contributed by atoms with Crippen LogP contribution in [0, 0.1) is 0 Å². The largest absolute Gasteiger partial charge is 0.271 e. The SMILES string of the molecule is O=C(NN=C1c2ccccc2-c2ccccc21)c1ccc(Br)cc1. The molecule has 0 fully saturated rings. The van der Waals surface area contributed by atoms with Gasteiger partial charge in [0.25, 0.3) is 5.91 Å². The van der Waals surface area contributed by atoms with Gasteiger partial charge in [0, 0.05) is 21.2 Å². The summed E-state index contributed by atoms with van der Waals surface area (Å²) in [6.07, 6.45) is 0. The molecule has 0 heterocycles. The Labute approximate surface area is 148 Å². The van der Waals surface area contributed by atoms with Crippen LogP contribution in [-0.4, -0.2) is 11.6 Å². The van der Waals surface area contributed by atoms with Crippen LogP contribution in [0.4, 0.5) is 0 Å². The second-order valence-electron chi connectivity index (χ2n) is 5.50. The lowest BCUT2D eigenvalue weighted by Gasteiger charge is -2.04. The molecule has 3 aromatic carbocycles. The van der Waals surface area contributed by atoms with Crippen LogP contribution in [0.25, 0.3) is 11.1 Å². The minimum Gasteiger partial charge on any atom is -0.267 e. The fourth-order valence-corrected chi connectivity index (χ4v) is 3.15. The van der Waals surface area contributed by atoms with Gasteiger partial charge in [0.2, 0.25) is 0 Å². The molecule has 1 amide bonds. The summed E-state index contributed by atoms with van der Waals surface area (Å²) in [5.41, 5.74) is 8.41. The van der Waals surface area contributed by atoms with Crippen LogP contribution in [0.2, 0.25) is 0 Å². The molecule has 1 aliphatic carbocycles. The predicted octanol–water partition coefficient (Wildman–Crippen LogP) is 4.61. The minimum atomic E-state index is -0.225. The van der Waals surface area contributed by atoms with E-state index < -0.39 is 0 Å². The first-order chi connectivity index (χ1) is 11.7. The van der Waals surface area contributed by atoms with Gasteiger partial charge in [0.15, 0.2) is 0 Å². The molecule has 24 heavy (non-hydrogen) atoms. The van der Waals surface area contributed by atoms with E-state index in [2.05, 4.69) is 38.6 Å². The first kappa shape index (κ1) is 14.8. The Morgan fingerprint density at radius 1 is 0.750 bits per heavy atom. The van der Waals surface area contributed by atoms with Gasteiger partial charge < -0.3 is 0 Å². The summed E-state index contributed by atoms with van der Waals surface area (Å²) in [6, 6.07) is 23.4. The number of rotatable bonds is 2. The van der Waals surface area contributed by atoms with Crippen LogP contribution in [0.1, 0.15) is 21.5 Å². The average molecular weight is 377 g/mol. The third kappa shape index (κ3) is 2.55. The molecule has 116 valence electrons. The number of carbonyl (C=O) groups excluding carboxylic acids is 1. The van der Waals surface area contributed by atoms with Crippen LogP contribution < -0.4 is 5.43 Å². The number of halogens is 1. The second kappa shape index (κ2) is 6.06.